The van der Waals surface area contributed by atoms with E-state index in [1.54, 1.807) is 0 Å². The standard InChI is InChI=1S/C9H15N3S/c1-6(8-4-3-5-8)10-9-11-7(2)12-13-9/h6,8H,3-5H2,1-2H3,(H,10,11,12)/t6-/m1/s1. The average Bonchev–Trinajstić information content (AvgIpc) is 2.31. The molecule has 0 amide bonds. The summed E-state index contributed by atoms with van der Waals surface area (Å²) < 4.78 is 4.14. The molecule has 1 saturated carbocycles. The Kier molecular flexibility index (Phi) is 2.49. The van der Waals surface area contributed by atoms with Crippen LogP contribution < -0.4 is 5.32 Å². The highest BCUT2D eigenvalue weighted by atomic mass is 32.1. The summed E-state index contributed by atoms with van der Waals surface area (Å²) in [6.45, 7) is 4.16. The van der Waals surface area contributed by atoms with Crippen LogP contribution in [-0.2, 0) is 0 Å². The molecule has 1 aliphatic rings. The van der Waals surface area contributed by atoms with Gasteiger partial charge in [0.05, 0.1) is 0 Å². The number of nitrogens with zero attached hydrogens (tertiary/aromatic N) is 2. The molecule has 0 radical (unpaired) electrons. The van der Waals surface area contributed by atoms with E-state index in [1.165, 1.54) is 30.8 Å². The van der Waals surface area contributed by atoms with Gasteiger partial charge >= 0.3 is 0 Å². The molecule has 72 valence electrons. The summed E-state index contributed by atoms with van der Waals surface area (Å²) in [6.07, 6.45) is 4.13. The van der Waals surface area contributed by atoms with Gasteiger partial charge in [-0.3, -0.25) is 0 Å². The summed E-state index contributed by atoms with van der Waals surface area (Å²) in [5, 5.41) is 4.38. The van der Waals surface area contributed by atoms with E-state index in [-0.39, 0.29) is 0 Å². The van der Waals surface area contributed by atoms with E-state index in [9.17, 15) is 0 Å². The van der Waals surface area contributed by atoms with Crippen LogP contribution in [0, 0.1) is 12.8 Å². The lowest BCUT2D eigenvalue weighted by molar-refractivity contribution is 0.285. The Balaban J connectivity index is 1.89. The van der Waals surface area contributed by atoms with Gasteiger partial charge < -0.3 is 5.32 Å². The third kappa shape index (κ3) is 1.99. The summed E-state index contributed by atoms with van der Waals surface area (Å²) in [4.78, 5) is 4.29. The number of hydrogen-bond donors (Lipinski definition) is 1. The predicted octanol–water partition coefficient (Wildman–Crippen LogP) is 2.45. The van der Waals surface area contributed by atoms with Gasteiger partial charge in [0, 0.05) is 17.6 Å². The van der Waals surface area contributed by atoms with Gasteiger partial charge in [0.1, 0.15) is 5.82 Å². The maximum Gasteiger partial charge on any atom is 0.202 e. The fourth-order valence-corrected chi connectivity index (χ4v) is 2.28. The molecule has 0 saturated heterocycles. The van der Waals surface area contributed by atoms with Crippen molar-refractivity contribution in [2.75, 3.05) is 5.32 Å². The van der Waals surface area contributed by atoms with Gasteiger partial charge in [-0.05, 0) is 32.6 Å². The minimum absolute atomic E-state index is 0.557. The van der Waals surface area contributed by atoms with Gasteiger partial charge in [-0.1, -0.05) is 6.42 Å². The molecule has 2 rings (SSSR count). The molecule has 1 heterocycles. The van der Waals surface area contributed by atoms with Crippen LogP contribution >= 0.6 is 11.5 Å². The van der Waals surface area contributed by atoms with Crippen LogP contribution in [0.3, 0.4) is 0 Å². The van der Waals surface area contributed by atoms with Crippen LogP contribution in [0.2, 0.25) is 0 Å². The van der Waals surface area contributed by atoms with Crippen molar-refractivity contribution in [3.8, 4) is 0 Å². The largest absolute Gasteiger partial charge is 0.358 e. The molecule has 3 nitrogen and oxygen atoms in total. The summed E-state index contributed by atoms with van der Waals surface area (Å²) in [5.41, 5.74) is 0. The maximum atomic E-state index is 4.29. The Hall–Kier alpha value is -0.640. The molecule has 1 atom stereocenters. The number of aryl methyl sites for hydroxylation is 1. The zero-order valence-electron chi connectivity index (χ0n) is 8.08. The topological polar surface area (TPSA) is 37.8 Å². The molecular formula is C9H15N3S. The van der Waals surface area contributed by atoms with Crippen molar-refractivity contribution >= 4 is 16.7 Å². The van der Waals surface area contributed by atoms with Crippen molar-refractivity contribution in [1.82, 2.24) is 9.36 Å². The summed E-state index contributed by atoms with van der Waals surface area (Å²) in [6, 6.07) is 0.557. The second-order valence-electron chi connectivity index (χ2n) is 3.77. The first kappa shape index (κ1) is 8.94. The highest BCUT2D eigenvalue weighted by Gasteiger charge is 2.24. The van der Waals surface area contributed by atoms with Crippen LogP contribution in [0.15, 0.2) is 0 Å². The Bertz CT molecular complexity index is 280. The zero-order valence-corrected chi connectivity index (χ0v) is 8.90. The smallest absolute Gasteiger partial charge is 0.202 e. The number of aromatic nitrogens is 2. The molecule has 0 bridgehead atoms. The number of nitrogens with one attached hydrogen (secondary N) is 1. The monoisotopic (exact) mass is 197 g/mol. The summed E-state index contributed by atoms with van der Waals surface area (Å²) >= 11 is 1.46. The minimum atomic E-state index is 0.557. The van der Waals surface area contributed by atoms with Crippen LogP contribution in [0.5, 0.6) is 0 Å². The Morgan fingerprint density at radius 1 is 1.54 bits per heavy atom. The van der Waals surface area contributed by atoms with E-state index < -0.39 is 0 Å². The molecule has 1 aliphatic carbocycles. The van der Waals surface area contributed by atoms with Crippen LogP contribution in [-0.4, -0.2) is 15.4 Å². The van der Waals surface area contributed by atoms with Crippen LogP contribution in [0.25, 0.3) is 0 Å². The third-order valence-electron chi connectivity index (χ3n) is 2.74. The molecule has 1 aromatic rings. The highest BCUT2D eigenvalue weighted by Crippen LogP contribution is 2.31. The third-order valence-corrected chi connectivity index (χ3v) is 3.47. The first-order valence-electron chi connectivity index (χ1n) is 4.82. The first-order chi connectivity index (χ1) is 6.25. The molecule has 0 aliphatic heterocycles. The summed E-state index contributed by atoms with van der Waals surface area (Å²) in [7, 11) is 0. The normalized spacial score (nSPS) is 19.5. The van der Waals surface area contributed by atoms with Crippen molar-refractivity contribution in [1.29, 1.82) is 0 Å². The Labute approximate surface area is 82.8 Å². The van der Waals surface area contributed by atoms with Gasteiger partial charge in [-0.2, -0.15) is 4.37 Å². The van der Waals surface area contributed by atoms with Crippen molar-refractivity contribution in [3.05, 3.63) is 5.82 Å². The van der Waals surface area contributed by atoms with E-state index >= 15 is 0 Å². The fourth-order valence-electron chi connectivity index (χ4n) is 1.61. The first-order valence-corrected chi connectivity index (χ1v) is 5.60. The van der Waals surface area contributed by atoms with Crippen LogP contribution in [0.1, 0.15) is 32.0 Å². The molecule has 13 heavy (non-hydrogen) atoms. The van der Waals surface area contributed by atoms with Crippen molar-refractivity contribution in [2.24, 2.45) is 5.92 Å². The molecule has 0 aromatic carbocycles. The van der Waals surface area contributed by atoms with Gasteiger partial charge in [-0.25, -0.2) is 4.98 Å². The molecule has 1 N–H and O–H groups in total. The number of hydrogen-bond acceptors (Lipinski definition) is 4. The molecule has 0 unspecified atom stereocenters. The van der Waals surface area contributed by atoms with Crippen LogP contribution in [0.4, 0.5) is 5.13 Å². The number of anilines is 1. The molecule has 1 fully saturated rings. The van der Waals surface area contributed by atoms with Gasteiger partial charge in [-0.15, -0.1) is 0 Å². The van der Waals surface area contributed by atoms with Crippen molar-refractivity contribution in [3.63, 3.8) is 0 Å². The van der Waals surface area contributed by atoms with Gasteiger partial charge in [0.25, 0.3) is 0 Å². The van der Waals surface area contributed by atoms with Gasteiger partial charge in [0.2, 0.25) is 5.13 Å². The number of rotatable bonds is 3. The highest BCUT2D eigenvalue weighted by molar-refractivity contribution is 7.09. The summed E-state index contributed by atoms with van der Waals surface area (Å²) in [5.74, 6) is 1.72. The fraction of sp³-hybridized carbons (Fsp3) is 0.778. The lowest BCUT2D eigenvalue weighted by Gasteiger charge is -2.31. The Morgan fingerprint density at radius 3 is 2.77 bits per heavy atom. The SMILES string of the molecule is Cc1nsc(N[C@H](C)C2CCC2)n1. The molecule has 4 heteroatoms. The minimum Gasteiger partial charge on any atom is -0.358 e. The van der Waals surface area contributed by atoms with E-state index in [0.717, 1.165) is 16.9 Å². The van der Waals surface area contributed by atoms with Gasteiger partial charge in [0.15, 0.2) is 0 Å². The second-order valence-corrected chi connectivity index (χ2v) is 4.52. The van der Waals surface area contributed by atoms with E-state index in [0.29, 0.717) is 6.04 Å². The quantitative estimate of drug-likeness (QED) is 0.808. The molecule has 1 aromatic heterocycles. The van der Waals surface area contributed by atoms with Crippen molar-refractivity contribution in [2.45, 2.75) is 39.2 Å². The van der Waals surface area contributed by atoms with E-state index in [4.69, 9.17) is 0 Å². The lowest BCUT2D eigenvalue weighted by Crippen LogP contribution is -2.30. The Morgan fingerprint density at radius 2 is 2.31 bits per heavy atom. The van der Waals surface area contributed by atoms with Crippen molar-refractivity contribution < 1.29 is 0 Å². The lowest BCUT2D eigenvalue weighted by atomic mass is 9.80. The average molecular weight is 197 g/mol. The molecular weight excluding hydrogens is 182 g/mol. The second kappa shape index (κ2) is 3.62. The zero-order chi connectivity index (χ0) is 9.26. The maximum absolute atomic E-state index is 4.29. The molecule has 0 spiro atoms. The van der Waals surface area contributed by atoms with E-state index in [1.807, 2.05) is 6.92 Å². The van der Waals surface area contributed by atoms with E-state index in [2.05, 4.69) is 21.6 Å². The predicted molar refractivity (Wildman–Crippen MR) is 55.1 cm³/mol.